The molecule has 396 valence electrons. The number of unbranched alkanes of at least 4 members (excludes halogenated alkanes) is 16. The van der Waals surface area contributed by atoms with Gasteiger partial charge in [0.2, 0.25) is 11.6 Å². The highest BCUT2D eigenvalue weighted by Gasteiger charge is 2.41. The highest BCUT2D eigenvalue weighted by molar-refractivity contribution is 5.70. The Kier molecular flexibility index (Phi) is 28.5. The lowest BCUT2D eigenvalue weighted by Crippen LogP contribution is -2.34. The lowest BCUT2D eigenvalue weighted by atomic mass is 10.1. The molecule has 2 aliphatic heterocycles. The van der Waals surface area contributed by atoms with E-state index in [4.69, 9.17) is 28.4 Å². The van der Waals surface area contributed by atoms with Crippen molar-refractivity contribution in [1.82, 2.24) is 19.1 Å². The Balaban J connectivity index is 0.000000370. The van der Waals surface area contributed by atoms with Gasteiger partial charge >= 0.3 is 35.3 Å². The van der Waals surface area contributed by atoms with E-state index < -0.39 is 82.9 Å². The predicted octanol–water partition coefficient (Wildman–Crippen LogP) is 8.28. The van der Waals surface area contributed by atoms with Crippen LogP contribution < -0.4 is 22.5 Å². The fourth-order valence-electron chi connectivity index (χ4n) is 8.08. The molecule has 2 aromatic rings. The zero-order valence-corrected chi connectivity index (χ0v) is 41.8. The topological polar surface area (TPSA) is 233 Å². The Labute approximate surface area is 408 Å². The highest BCUT2D eigenvalue weighted by atomic mass is 19.1. The standard InChI is InChI=1S/2C25H39FN2O7/c2*1-3-5-7-9-11-13-22(29)33-17-20-19(35-23(30)14-12-10-8-6-4-2)15-21(34-20)28-16-18(26)24(31)27-25(28)32/h2*16,19-21H,3-15,17H2,1-2H3,(H,27,31,32). The fourth-order valence-corrected chi connectivity index (χ4v) is 8.08. The van der Waals surface area contributed by atoms with Gasteiger partial charge in [-0.1, -0.05) is 130 Å². The molecule has 4 heterocycles. The number of ether oxygens (including phenoxy) is 6. The number of nitrogens with one attached hydrogen (secondary N) is 2. The van der Waals surface area contributed by atoms with Gasteiger partial charge < -0.3 is 28.4 Å². The summed E-state index contributed by atoms with van der Waals surface area (Å²) < 4.78 is 62.9. The van der Waals surface area contributed by atoms with E-state index in [-0.39, 0.29) is 63.7 Å². The number of rotatable bonds is 32. The first-order chi connectivity index (χ1) is 33.7. The maximum absolute atomic E-state index is 13.8. The number of halogens is 2. The van der Waals surface area contributed by atoms with Crippen LogP contribution in [0.15, 0.2) is 31.6 Å². The average molecular weight is 997 g/mol. The maximum atomic E-state index is 13.8. The van der Waals surface area contributed by atoms with Gasteiger partial charge in [-0.2, -0.15) is 8.78 Å². The maximum Gasteiger partial charge on any atom is 0.330 e. The number of carbonyl (C=O) groups is 4. The van der Waals surface area contributed by atoms with Crippen LogP contribution in [0.2, 0.25) is 0 Å². The Morgan fingerprint density at radius 2 is 0.800 bits per heavy atom. The molecule has 2 fully saturated rings. The minimum absolute atomic E-state index is 0.0617. The van der Waals surface area contributed by atoms with Crippen LogP contribution in [0.3, 0.4) is 0 Å². The number of carbonyl (C=O) groups excluding carboxylic acids is 4. The van der Waals surface area contributed by atoms with E-state index in [1.807, 2.05) is 9.97 Å². The number of H-pyrrole nitrogens is 2. The molecular weight excluding hydrogens is 919 g/mol. The van der Waals surface area contributed by atoms with Crippen LogP contribution in [0.5, 0.6) is 0 Å². The van der Waals surface area contributed by atoms with Crippen LogP contribution >= 0.6 is 0 Å². The van der Waals surface area contributed by atoms with E-state index in [2.05, 4.69) is 27.7 Å². The first-order valence-electron chi connectivity index (χ1n) is 25.7. The molecule has 0 amide bonds. The zero-order chi connectivity index (χ0) is 51.3. The van der Waals surface area contributed by atoms with Crippen molar-refractivity contribution in [3.8, 4) is 0 Å². The van der Waals surface area contributed by atoms with Crippen molar-refractivity contribution < 1.29 is 56.4 Å². The zero-order valence-electron chi connectivity index (χ0n) is 41.8. The van der Waals surface area contributed by atoms with E-state index in [9.17, 15) is 47.1 Å². The quantitative estimate of drug-likeness (QED) is 0.0399. The lowest BCUT2D eigenvalue weighted by Gasteiger charge is -2.19. The van der Waals surface area contributed by atoms with Crippen molar-refractivity contribution in [2.75, 3.05) is 13.2 Å². The largest absolute Gasteiger partial charge is 0.463 e. The molecule has 20 heteroatoms. The second-order valence-corrected chi connectivity index (χ2v) is 18.1. The molecule has 2 aliphatic rings. The van der Waals surface area contributed by atoms with E-state index >= 15 is 0 Å². The highest BCUT2D eigenvalue weighted by Crippen LogP contribution is 2.32. The Bertz CT molecular complexity index is 1980. The average Bonchev–Trinajstić information content (AvgIpc) is 3.92. The number of esters is 4. The number of nitrogens with zero attached hydrogens (tertiary/aromatic N) is 2. The van der Waals surface area contributed by atoms with Gasteiger partial charge in [0.05, 0.1) is 12.4 Å². The molecule has 2 saturated heterocycles. The van der Waals surface area contributed by atoms with Crippen molar-refractivity contribution in [3.05, 3.63) is 65.7 Å². The fraction of sp³-hybridized carbons (Fsp3) is 0.760. The van der Waals surface area contributed by atoms with Gasteiger partial charge in [-0.25, -0.2) is 9.59 Å². The molecule has 6 unspecified atom stereocenters. The molecule has 2 aromatic heterocycles. The summed E-state index contributed by atoms with van der Waals surface area (Å²) in [5, 5.41) is 0. The summed E-state index contributed by atoms with van der Waals surface area (Å²) >= 11 is 0. The molecule has 0 radical (unpaired) electrons. The molecule has 0 aromatic carbocycles. The van der Waals surface area contributed by atoms with Gasteiger partial charge in [0.25, 0.3) is 11.1 Å². The predicted molar refractivity (Wildman–Crippen MR) is 255 cm³/mol. The summed E-state index contributed by atoms with van der Waals surface area (Å²) in [7, 11) is 0. The normalized spacial score (nSPS) is 19.6. The summed E-state index contributed by atoms with van der Waals surface area (Å²) in [6.45, 7) is 8.16. The lowest BCUT2D eigenvalue weighted by molar-refractivity contribution is -0.160. The first kappa shape index (κ1) is 59.3. The van der Waals surface area contributed by atoms with Crippen LogP contribution in [-0.4, -0.2) is 80.6 Å². The van der Waals surface area contributed by atoms with E-state index in [0.29, 0.717) is 12.8 Å². The smallest absolute Gasteiger partial charge is 0.330 e. The second-order valence-electron chi connectivity index (χ2n) is 18.1. The molecule has 4 rings (SSSR count). The van der Waals surface area contributed by atoms with Gasteiger partial charge in [-0.3, -0.25) is 47.9 Å². The van der Waals surface area contributed by atoms with Crippen LogP contribution in [-0.2, 0) is 47.6 Å². The third kappa shape index (κ3) is 22.0. The van der Waals surface area contributed by atoms with E-state index in [0.717, 1.165) is 137 Å². The number of aromatic amines is 2. The molecular formula is C50H78F2N4O14. The van der Waals surface area contributed by atoms with Gasteiger partial charge in [-0.15, -0.1) is 0 Å². The third-order valence-electron chi connectivity index (χ3n) is 12.2. The Morgan fingerprint density at radius 3 is 1.11 bits per heavy atom. The third-order valence-corrected chi connectivity index (χ3v) is 12.2. The summed E-state index contributed by atoms with van der Waals surface area (Å²) in [5.74, 6) is -3.81. The van der Waals surface area contributed by atoms with Crippen molar-refractivity contribution in [2.45, 2.75) is 232 Å². The molecule has 0 saturated carbocycles. The van der Waals surface area contributed by atoms with Crippen LogP contribution in [0.1, 0.15) is 207 Å². The number of hydrogen-bond acceptors (Lipinski definition) is 14. The molecule has 0 bridgehead atoms. The first-order valence-corrected chi connectivity index (χ1v) is 25.7. The summed E-state index contributed by atoms with van der Waals surface area (Å²) in [6.07, 6.45) is 17.4. The Morgan fingerprint density at radius 1 is 0.500 bits per heavy atom. The van der Waals surface area contributed by atoms with Crippen LogP contribution in [0.4, 0.5) is 8.78 Å². The molecule has 0 aliphatic carbocycles. The number of hydrogen-bond donors (Lipinski definition) is 2. The molecule has 70 heavy (non-hydrogen) atoms. The van der Waals surface area contributed by atoms with Crippen LogP contribution in [0, 0.1) is 11.6 Å². The van der Waals surface area contributed by atoms with Gasteiger partial charge in [0.15, 0.2) is 0 Å². The Hall–Kier alpha value is -4.98. The summed E-state index contributed by atoms with van der Waals surface area (Å²) in [4.78, 5) is 99.9. The summed E-state index contributed by atoms with van der Waals surface area (Å²) in [5.41, 5.74) is -3.93. The monoisotopic (exact) mass is 997 g/mol. The van der Waals surface area contributed by atoms with Crippen molar-refractivity contribution in [1.29, 1.82) is 0 Å². The van der Waals surface area contributed by atoms with Crippen molar-refractivity contribution in [3.63, 3.8) is 0 Å². The number of aromatic nitrogens is 4. The van der Waals surface area contributed by atoms with Crippen LogP contribution in [0.25, 0.3) is 0 Å². The van der Waals surface area contributed by atoms with E-state index in [1.165, 1.54) is 0 Å². The molecule has 6 atom stereocenters. The SMILES string of the molecule is CCCCCCCC(=O)OCC1OC(n2cc(F)c(=O)[nH]c2=O)CC1OC(=O)CCCCCCC.CCCCCCCC(=O)OCC1OC(n2cc(F)c(=O)[nH]c2=O)CC1OC(=O)CCCCCCC. The second kappa shape index (κ2) is 33.6. The van der Waals surface area contributed by atoms with E-state index in [1.54, 1.807) is 0 Å². The molecule has 18 nitrogen and oxygen atoms in total. The van der Waals surface area contributed by atoms with Gasteiger partial charge in [0.1, 0.15) is 50.1 Å². The minimum Gasteiger partial charge on any atom is -0.463 e. The minimum atomic E-state index is -1.13. The molecule has 2 N–H and O–H groups in total. The molecule has 0 spiro atoms. The van der Waals surface area contributed by atoms with Crippen molar-refractivity contribution in [2.24, 2.45) is 0 Å². The van der Waals surface area contributed by atoms with Crippen molar-refractivity contribution >= 4 is 23.9 Å². The van der Waals surface area contributed by atoms with Gasteiger partial charge in [-0.05, 0) is 25.7 Å². The van der Waals surface area contributed by atoms with Gasteiger partial charge in [0, 0.05) is 38.5 Å². The summed E-state index contributed by atoms with van der Waals surface area (Å²) in [6, 6.07) is 0.